The third-order valence-electron chi connectivity index (χ3n) is 6.26. The summed E-state index contributed by atoms with van der Waals surface area (Å²) < 4.78 is 15.5. The van der Waals surface area contributed by atoms with Crippen LogP contribution in [-0.2, 0) is 14.2 Å². The molecule has 2 N–H and O–H groups in total. The molecule has 0 spiro atoms. The van der Waals surface area contributed by atoms with E-state index in [1.54, 1.807) is 0 Å². The SMILES string of the molecule is CCCCCCCCCCCCCCCCCCNC(=O)OCC(COC(=O)NCCN(C)C)OC. The van der Waals surface area contributed by atoms with Gasteiger partial charge in [0.25, 0.3) is 0 Å². The normalized spacial score (nSPS) is 11.9. The first kappa shape index (κ1) is 34.5. The van der Waals surface area contributed by atoms with Crippen LogP contribution in [0.5, 0.6) is 0 Å². The van der Waals surface area contributed by atoms with Gasteiger partial charge < -0.3 is 29.7 Å². The molecule has 0 aromatic carbocycles. The fourth-order valence-electron chi connectivity index (χ4n) is 3.87. The Morgan fingerprint density at radius 2 is 1.03 bits per heavy atom. The Labute approximate surface area is 221 Å². The van der Waals surface area contributed by atoms with Crippen molar-refractivity contribution in [3.05, 3.63) is 0 Å². The van der Waals surface area contributed by atoms with Gasteiger partial charge in [-0.2, -0.15) is 0 Å². The monoisotopic (exact) mass is 515 g/mol. The molecule has 1 atom stereocenters. The van der Waals surface area contributed by atoms with Crippen LogP contribution < -0.4 is 10.6 Å². The number of hydrogen-bond donors (Lipinski definition) is 2. The van der Waals surface area contributed by atoms with E-state index in [9.17, 15) is 9.59 Å². The average molecular weight is 516 g/mol. The molecular formula is C28H57N3O5. The highest BCUT2D eigenvalue weighted by Crippen LogP contribution is 2.13. The summed E-state index contributed by atoms with van der Waals surface area (Å²) in [6.45, 7) is 4.17. The lowest BCUT2D eigenvalue weighted by molar-refractivity contribution is -0.00448. The highest BCUT2D eigenvalue weighted by molar-refractivity contribution is 5.67. The van der Waals surface area contributed by atoms with Crippen LogP contribution in [0.25, 0.3) is 0 Å². The molecule has 1 unspecified atom stereocenters. The number of alkyl carbamates (subject to hydrolysis) is 2. The lowest BCUT2D eigenvalue weighted by Gasteiger charge is -2.16. The summed E-state index contributed by atoms with van der Waals surface area (Å²) >= 11 is 0. The molecule has 2 amide bonds. The second kappa shape index (κ2) is 26.5. The summed E-state index contributed by atoms with van der Waals surface area (Å²) in [6.07, 6.45) is 19.8. The Hall–Kier alpha value is -1.54. The molecule has 0 aromatic heterocycles. The zero-order valence-electron chi connectivity index (χ0n) is 23.9. The molecule has 0 aliphatic carbocycles. The standard InChI is InChI=1S/C28H57N3O5/c1-5-6-7-8-9-10-11-12-13-14-15-16-17-18-19-20-21-29-27(32)35-24-26(34-4)25-36-28(33)30-22-23-31(2)3/h26H,5-25H2,1-4H3,(H,29,32)(H,30,33). The van der Waals surface area contributed by atoms with Crippen molar-refractivity contribution in [2.75, 3.05) is 54.1 Å². The van der Waals surface area contributed by atoms with Gasteiger partial charge in [-0.1, -0.05) is 103 Å². The van der Waals surface area contributed by atoms with Crippen molar-refractivity contribution < 1.29 is 23.8 Å². The molecule has 0 aliphatic heterocycles. The van der Waals surface area contributed by atoms with Gasteiger partial charge in [-0.25, -0.2) is 9.59 Å². The van der Waals surface area contributed by atoms with Crippen LogP contribution in [0, 0.1) is 0 Å². The summed E-state index contributed by atoms with van der Waals surface area (Å²) in [7, 11) is 5.35. The van der Waals surface area contributed by atoms with Gasteiger partial charge in [-0.15, -0.1) is 0 Å². The minimum Gasteiger partial charge on any atom is -0.447 e. The highest BCUT2D eigenvalue weighted by Gasteiger charge is 2.14. The van der Waals surface area contributed by atoms with Crippen molar-refractivity contribution in [3.63, 3.8) is 0 Å². The van der Waals surface area contributed by atoms with Crippen molar-refractivity contribution in [2.24, 2.45) is 0 Å². The smallest absolute Gasteiger partial charge is 0.407 e. The number of unbranched alkanes of at least 4 members (excludes halogenated alkanes) is 15. The van der Waals surface area contributed by atoms with E-state index in [1.807, 2.05) is 19.0 Å². The number of ether oxygens (including phenoxy) is 3. The van der Waals surface area contributed by atoms with Crippen molar-refractivity contribution in [1.82, 2.24) is 15.5 Å². The minimum absolute atomic E-state index is 0.0245. The third kappa shape index (κ3) is 25.5. The summed E-state index contributed by atoms with van der Waals surface area (Å²) in [4.78, 5) is 25.5. The molecule has 214 valence electrons. The summed E-state index contributed by atoms with van der Waals surface area (Å²) in [5.74, 6) is 0. The molecule has 0 radical (unpaired) electrons. The second-order valence-corrected chi connectivity index (χ2v) is 10.0. The summed E-state index contributed by atoms with van der Waals surface area (Å²) in [6, 6.07) is 0. The van der Waals surface area contributed by atoms with Crippen LogP contribution in [0.1, 0.15) is 110 Å². The van der Waals surface area contributed by atoms with Gasteiger partial charge in [0.15, 0.2) is 0 Å². The molecule has 0 aliphatic rings. The van der Waals surface area contributed by atoms with E-state index in [2.05, 4.69) is 17.6 Å². The summed E-state index contributed by atoms with van der Waals surface area (Å²) in [5.41, 5.74) is 0. The Morgan fingerprint density at radius 3 is 1.42 bits per heavy atom. The highest BCUT2D eigenvalue weighted by atomic mass is 16.6. The van der Waals surface area contributed by atoms with Gasteiger partial charge in [-0.05, 0) is 20.5 Å². The van der Waals surface area contributed by atoms with Crippen LogP contribution >= 0.6 is 0 Å². The molecule has 0 rings (SSSR count). The van der Waals surface area contributed by atoms with Crippen LogP contribution in [0.2, 0.25) is 0 Å². The molecule has 0 fully saturated rings. The van der Waals surface area contributed by atoms with Gasteiger partial charge in [0, 0.05) is 26.7 Å². The predicted octanol–water partition coefficient (Wildman–Crippen LogP) is 6.28. The average Bonchev–Trinajstić information content (AvgIpc) is 2.85. The first-order valence-corrected chi connectivity index (χ1v) is 14.5. The molecule has 8 heteroatoms. The number of amides is 2. The molecular weight excluding hydrogens is 458 g/mol. The van der Waals surface area contributed by atoms with Crippen LogP contribution in [0.3, 0.4) is 0 Å². The van der Waals surface area contributed by atoms with E-state index in [0.717, 1.165) is 19.4 Å². The van der Waals surface area contributed by atoms with Crippen molar-refractivity contribution >= 4 is 12.2 Å². The van der Waals surface area contributed by atoms with E-state index in [-0.39, 0.29) is 13.2 Å². The maximum atomic E-state index is 11.9. The van der Waals surface area contributed by atoms with Crippen LogP contribution in [-0.4, -0.2) is 77.2 Å². The van der Waals surface area contributed by atoms with Crippen LogP contribution in [0.4, 0.5) is 9.59 Å². The first-order chi connectivity index (χ1) is 17.5. The maximum Gasteiger partial charge on any atom is 0.407 e. The molecule has 8 nitrogen and oxygen atoms in total. The minimum atomic E-state index is -0.508. The van der Waals surface area contributed by atoms with Gasteiger partial charge >= 0.3 is 12.2 Å². The number of rotatable bonds is 25. The molecule has 0 saturated heterocycles. The Kier molecular flexibility index (Phi) is 25.4. The lowest BCUT2D eigenvalue weighted by atomic mass is 10.0. The largest absolute Gasteiger partial charge is 0.447 e. The first-order valence-electron chi connectivity index (χ1n) is 14.5. The number of carbonyl (C=O) groups is 2. The Morgan fingerprint density at radius 1 is 0.639 bits per heavy atom. The number of nitrogens with zero attached hydrogens (tertiary/aromatic N) is 1. The van der Waals surface area contributed by atoms with Crippen LogP contribution in [0.15, 0.2) is 0 Å². The van der Waals surface area contributed by atoms with Crippen molar-refractivity contribution in [2.45, 2.75) is 116 Å². The zero-order chi connectivity index (χ0) is 26.7. The fraction of sp³-hybridized carbons (Fsp3) is 0.929. The predicted molar refractivity (Wildman–Crippen MR) is 148 cm³/mol. The number of hydrogen-bond acceptors (Lipinski definition) is 6. The zero-order valence-corrected chi connectivity index (χ0v) is 23.9. The Balaban J connectivity index is 3.45. The van der Waals surface area contributed by atoms with E-state index in [1.165, 1.54) is 97.0 Å². The Bertz CT molecular complexity index is 506. The second-order valence-electron chi connectivity index (χ2n) is 10.0. The number of likely N-dealkylation sites (N-methyl/N-ethyl adjacent to an activating group) is 1. The molecule has 36 heavy (non-hydrogen) atoms. The van der Waals surface area contributed by atoms with Crippen molar-refractivity contribution in [1.29, 1.82) is 0 Å². The summed E-state index contributed by atoms with van der Waals surface area (Å²) in [5, 5.41) is 5.43. The quantitative estimate of drug-likeness (QED) is 0.139. The molecule has 0 saturated carbocycles. The fourth-order valence-corrected chi connectivity index (χ4v) is 3.87. The molecule has 0 bridgehead atoms. The van der Waals surface area contributed by atoms with Gasteiger partial charge in [0.2, 0.25) is 0 Å². The third-order valence-corrected chi connectivity index (χ3v) is 6.26. The van der Waals surface area contributed by atoms with E-state index in [0.29, 0.717) is 13.1 Å². The van der Waals surface area contributed by atoms with Crippen molar-refractivity contribution in [3.8, 4) is 0 Å². The number of methoxy groups -OCH3 is 1. The maximum absolute atomic E-state index is 11.9. The molecule has 0 aromatic rings. The number of nitrogens with one attached hydrogen (secondary N) is 2. The van der Waals surface area contributed by atoms with E-state index in [4.69, 9.17) is 14.2 Å². The van der Waals surface area contributed by atoms with Gasteiger partial charge in [0.05, 0.1) is 0 Å². The lowest BCUT2D eigenvalue weighted by Crippen LogP contribution is -2.35. The molecule has 0 heterocycles. The topological polar surface area (TPSA) is 89.1 Å². The van der Waals surface area contributed by atoms with E-state index >= 15 is 0 Å². The van der Waals surface area contributed by atoms with Gasteiger partial charge in [0.1, 0.15) is 19.3 Å². The van der Waals surface area contributed by atoms with Gasteiger partial charge in [-0.3, -0.25) is 0 Å². The van der Waals surface area contributed by atoms with E-state index < -0.39 is 18.3 Å². The number of carbonyl (C=O) groups excluding carboxylic acids is 2.